The minimum atomic E-state index is -0.338. The molecule has 1 heterocycles. The molecule has 3 nitrogen and oxygen atoms in total. The Morgan fingerprint density at radius 3 is 2.22 bits per heavy atom. The minimum Gasteiger partial charge on any atom is -0.508 e. The van der Waals surface area contributed by atoms with E-state index in [-0.39, 0.29) is 17.0 Å². The van der Waals surface area contributed by atoms with E-state index in [0.29, 0.717) is 33.6 Å². The second-order valence-electron chi connectivity index (χ2n) is 12.4. The molecule has 0 aliphatic heterocycles. The molecule has 0 saturated carbocycles. The molecule has 0 unspecified atom stereocenters. The lowest BCUT2D eigenvalue weighted by atomic mass is 9.91. The van der Waals surface area contributed by atoms with Gasteiger partial charge in [0, 0.05) is 17.1 Å². The van der Waals surface area contributed by atoms with Gasteiger partial charge in [-0.2, -0.15) is 11.8 Å². The maximum absolute atomic E-state index is 13.5. The van der Waals surface area contributed by atoms with E-state index < -0.39 is 0 Å². The first kappa shape index (κ1) is 33.0. The van der Waals surface area contributed by atoms with Gasteiger partial charge in [-0.25, -0.2) is 4.39 Å². The number of benzene rings is 2. The highest BCUT2D eigenvalue weighted by atomic mass is 32.2. The quantitative estimate of drug-likeness (QED) is 0.127. The fourth-order valence-electron chi connectivity index (χ4n) is 5.36. The summed E-state index contributed by atoms with van der Waals surface area (Å²) in [6, 6.07) is 10.5. The first-order valence-electron chi connectivity index (χ1n) is 15.4. The van der Waals surface area contributed by atoms with Crippen LogP contribution in [0.5, 0.6) is 5.75 Å². The van der Waals surface area contributed by atoms with Crippen LogP contribution in [0.4, 0.5) is 4.39 Å². The number of thioether (sulfide) groups is 1. The van der Waals surface area contributed by atoms with Crippen molar-refractivity contribution in [2.75, 3.05) is 5.75 Å². The first-order chi connectivity index (χ1) is 19.6. The van der Waals surface area contributed by atoms with Crippen LogP contribution < -0.4 is 5.43 Å². The van der Waals surface area contributed by atoms with Gasteiger partial charge in [-0.05, 0) is 80.0 Å². The number of phenolic OH excluding ortho intramolecular Hbond substituents is 1. The molecular weight excluding hydrogens is 531 g/mol. The third kappa shape index (κ3) is 11.0. The van der Waals surface area contributed by atoms with E-state index in [1.165, 1.54) is 81.2 Å². The van der Waals surface area contributed by atoms with Gasteiger partial charge in [-0.15, -0.1) is 0 Å². The summed E-state index contributed by atoms with van der Waals surface area (Å²) >= 11 is 1.66. The maximum atomic E-state index is 13.5. The second kappa shape index (κ2) is 16.8. The van der Waals surface area contributed by atoms with E-state index in [9.17, 15) is 14.3 Å². The molecule has 0 aliphatic rings. The van der Waals surface area contributed by atoms with Crippen molar-refractivity contribution < 1.29 is 13.9 Å². The van der Waals surface area contributed by atoms with Gasteiger partial charge in [0.05, 0.1) is 10.9 Å². The summed E-state index contributed by atoms with van der Waals surface area (Å²) in [5.41, 5.74) is 2.83. The van der Waals surface area contributed by atoms with Crippen LogP contribution in [0.2, 0.25) is 0 Å². The largest absolute Gasteiger partial charge is 0.508 e. The molecule has 0 fully saturated rings. The summed E-state index contributed by atoms with van der Waals surface area (Å²) in [7, 11) is 0. The average molecular weight is 581 g/mol. The number of allylic oxidation sites excluding steroid dienone is 1. The molecule has 0 amide bonds. The fraction of sp³-hybridized carbons (Fsp3) is 0.528. The maximum Gasteiger partial charge on any atom is 0.197 e. The molecule has 0 radical (unpaired) electrons. The van der Waals surface area contributed by atoms with Crippen molar-refractivity contribution in [3.05, 3.63) is 75.7 Å². The van der Waals surface area contributed by atoms with Crippen molar-refractivity contribution in [1.29, 1.82) is 0 Å². The van der Waals surface area contributed by atoms with Crippen LogP contribution in [0.1, 0.15) is 98.0 Å². The molecule has 5 heteroatoms. The van der Waals surface area contributed by atoms with Gasteiger partial charge in [0.25, 0.3) is 0 Å². The summed E-state index contributed by atoms with van der Waals surface area (Å²) in [6.07, 6.45) is 14.0. The molecule has 41 heavy (non-hydrogen) atoms. The monoisotopic (exact) mass is 580 g/mol. The Labute approximate surface area is 250 Å². The summed E-state index contributed by atoms with van der Waals surface area (Å²) < 4.78 is 19.7. The lowest BCUT2D eigenvalue weighted by Crippen LogP contribution is -2.10. The van der Waals surface area contributed by atoms with Crippen molar-refractivity contribution in [2.45, 2.75) is 98.2 Å². The summed E-state index contributed by atoms with van der Waals surface area (Å²) in [6.45, 7) is 11.6. The molecule has 2 aromatic carbocycles. The van der Waals surface area contributed by atoms with Crippen LogP contribution in [0.15, 0.2) is 63.3 Å². The standard InChI is InChI=1S/C36H49FO3S/c1-25(2)9-6-10-26(3)11-7-12-27(4)13-8-14-28(5)21-22-41-24-33-35(39)32-23-31(38)19-20-34(32)40-36(33)29-15-17-30(37)18-16-29/h15-21,23,25-27,38H,6-14,22,24H2,1-5H3/t26-,27-/m1/s1. The van der Waals surface area contributed by atoms with Crippen LogP contribution in [-0.2, 0) is 5.75 Å². The number of rotatable bonds is 17. The Balaban J connectivity index is 1.47. The highest BCUT2D eigenvalue weighted by molar-refractivity contribution is 7.98. The molecule has 1 aromatic heterocycles. The Hall–Kier alpha value is -2.53. The van der Waals surface area contributed by atoms with E-state index in [1.807, 2.05) is 0 Å². The molecule has 0 spiro atoms. The van der Waals surface area contributed by atoms with Gasteiger partial charge >= 0.3 is 0 Å². The molecule has 1 N–H and O–H groups in total. The second-order valence-corrected chi connectivity index (χ2v) is 13.4. The number of halogens is 1. The number of fused-ring (bicyclic) bond motifs is 1. The Morgan fingerprint density at radius 2 is 1.56 bits per heavy atom. The van der Waals surface area contributed by atoms with Crippen molar-refractivity contribution in [3.63, 3.8) is 0 Å². The van der Waals surface area contributed by atoms with E-state index >= 15 is 0 Å². The predicted octanol–water partition coefficient (Wildman–Crippen LogP) is 10.9. The highest BCUT2D eigenvalue weighted by Crippen LogP contribution is 2.30. The summed E-state index contributed by atoms with van der Waals surface area (Å²) in [4.78, 5) is 13.4. The van der Waals surface area contributed by atoms with Gasteiger partial charge in [0.15, 0.2) is 5.43 Å². The molecular formula is C36H49FO3S. The molecule has 0 bridgehead atoms. The van der Waals surface area contributed by atoms with Crippen molar-refractivity contribution in [3.8, 4) is 17.1 Å². The Kier molecular flexibility index (Phi) is 13.5. The van der Waals surface area contributed by atoms with Crippen LogP contribution in [-0.4, -0.2) is 10.9 Å². The number of phenols is 1. The third-order valence-corrected chi connectivity index (χ3v) is 8.91. The third-order valence-electron chi connectivity index (χ3n) is 8.01. The lowest BCUT2D eigenvalue weighted by Gasteiger charge is -2.15. The molecule has 0 aliphatic carbocycles. The number of aromatic hydroxyl groups is 1. The van der Waals surface area contributed by atoms with E-state index in [1.54, 1.807) is 30.0 Å². The molecule has 3 rings (SSSR count). The molecule has 2 atom stereocenters. The molecule has 0 saturated heterocycles. The first-order valence-corrected chi connectivity index (χ1v) is 16.6. The normalized spacial score (nSPS) is 13.7. The van der Waals surface area contributed by atoms with Gasteiger partial charge in [0.2, 0.25) is 0 Å². The zero-order chi connectivity index (χ0) is 29.8. The molecule has 224 valence electrons. The van der Waals surface area contributed by atoms with E-state index in [2.05, 4.69) is 40.7 Å². The van der Waals surface area contributed by atoms with Gasteiger partial charge < -0.3 is 9.52 Å². The number of hydrogen-bond acceptors (Lipinski definition) is 4. The van der Waals surface area contributed by atoms with Gasteiger partial charge in [0.1, 0.15) is 22.9 Å². The summed E-state index contributed by atoms with van der Waals surface area (Å²) in [5, 5.41) is 10.3. The topological polar surface area (TPSA) is 50.4 Å². The van der Waals surface area contributed by atoms with Gasteiger partial charge in [-0.3, -0.25) is 4.79 Å². The van der Waals surface area contributed by atoms with Crippen LogP contribution in [0.3, 0.4) is 0 Å². The zero-order valence-corrected chi connectivity index (χ0v) is 26.5. The fourth-order valence-corrected chi connectivity index (χ4v) is 6.35. The van der Waals surface area contributed by atoms with Crippen molar-refractivity contribution in [2.24, 2.45) is 17.8 Å². The lowest BCUT2D eigenvalue weighted by molar-refractivity contribution is 0.389. The van der Waals surface area contributed by atoms with Crippen LogP contribution in [0.25, 0.3) is 22.3 Å². The van der Waals surface area contributed by atoms with E-state index in [0.717, 1.165) is 29.9 Å². The molecule has 3 aromatic rings. The number of hydrogen-bond donors (Lipinski definition) is 1. The minimum absolute atomic E-state index is 0.0254. The predicted molar refractivity (Wildman–Crippen MR) is 174 cm³/mol. The SMILES string of the molecule is CC(=CCSCc1c(-c2ccc(F)cc2)oc2ccc(O)cc2c1=O)CCC[C@H](C)CCC[C@H](C)CCCC(C)C. The zero-order valence-electron chi connectivity index (χ0n) is 25.7. The highest BCUT2D eigenvalue weighted by Gasteiger charge is 2.17. The smallest absolute Gasteiger partial charge is 0.197 e. The average Bonchev–Trinajstić information content (AvgIpc) is 2.92. The van der Waals surface area contributed by atoms with Crippen molar-refractivity contribution in [1.82, 2.24) is 0 Å². The van der Waals surface area contributed by atoms with E-state index in [4.69, 9.17) is 4.42 Å². The van der Waals surface area contributed by atoms with Gasteiger partial charge in [-0.1, -0.05) is 84.3 Å². The Bertz CT molecular complexity index is 1310. The Morgan fingerprint density at radius 1 is 0.927 bits per heavy atom. The van der Waals surface area contributed by atoms with Crippen LogP contribution >= 0.6 is 11.8 Å². The van der Waals surface area contributed by atoms with Crippen LogP contribution in [0, 0.1) is 23.6 Å². The van der Waals surface area contributed by atoms with Crippen molar-refractivity contribution >= 4 is 22.7 Å². The summed E-state index contributed by atoms with van der Waals surface area (Å²) in [5.74, 6) is 3.86.